The van der Waals surface area contributed by atoms with E-state index in [1.54, 1.807) is 0 Å². The van der Waals surface area contributed by atoms with Gasteiger partial charge in [0, 0.05) is 0 Å². The fourth-order valence-corrected chi connectivity index (χ4v) is 0.845. The van der Waals surface area contributed by atoms with Crippen molar-refractivity contribution in [2.45, 2.75) is 26.2 Å². The Morgan fingerprint density at radius 2 is 2.00 bits per heavy atom. The van der Waals surface area contributed by atoms with Crippen molar-refractivity contribution in [2.24, 2.45) is 0 Å². The van der Waals surface area contributed by atoms with Crippen LogP contribution in [0.4, 0.5) is 0 Å². The summed E-state index contributed by atoms with van der Waals surface area (Å²) in [7, 11) is -4.20. The van der Waals surface area contributed by atoms with E-state index in [2.05, 4.69) is 4.18 Å². The van der Waals surface area contributed by atoms with Gasteiger partial charge < -0.3 is 2.85 Å². The summed E-state index contributed by atoms with van der Waals surface area (Å²) in [6, 6.07) is 0. The molecule has 0 bridgehead atoms. The Balaban J connectivity index is -0.000000135. The van der Waals surface area contributed by atoms with Crippen LogP contribution in [0.2, 0.25) is 0 Å². The number of hydrogen-bond acceptors (Lipinski definition) is 3. The normalized spacial score (nSPS) is 10.7. The molecule has 0 fully saturated rings. The van der Waals surface area contributed by atoms with E-state index in [0.29, 0.717) is 6.42 Å². The van der Waals surface area contributed by atoms with Gasteiger partial charge in [-0.15, -0.1) is 0 Å². The van der Waals surface area contributed by atoms with Crippen molar-refractivity contribution in [3.8, 4) is 0 Å². The standard InChI is InChI=1S/C5H12O4S.Mg.2H/c1-2-3-4-5-9-10(6,7)8;;;/h2-5H2,1H3,(H,6,7,8);;;/q;+2;2*-1. The maximum atomic E-state index is 9.93. The zero-order chi connectivity index (χ0) is 8.04. The topological polar surface area (TPSA) is 63.6 Å². The Kier molecular flexibility index (Phi) is 9.40. The van der Waals surface area contributed by atoms with Gasteiger partial charge >= 0.3 is 33.5 Å². The van der Waals surface area contributed by atoms with Crippen molar-refractivity contribution >= 4 is 33.5 Å². The van der Waals surface area contributed by atoms with Crippen molar-refractivity contribution in [3.05, 3.63) is 0 Å². The molecule has 0 unspecified atom stereocenters. The summed E-state index contributed by atoms with van der Waals surface area (Å²) in [6.45, 7) is 2.07. The molecule has 1 N–H and O–H groups in total. The van der Waals surface area contributed by atoms with Gasteiger partial charge in [0.1, 0.15) is 0 Å². The predicted octanol–water partition coefficient (Wildman–Crippen LogP) is 0.840. The van der Waals surface area contributed by atoms with Crippen LogP contribution < -0.4 is 0 Å². The van der Waals surface area contributed by atoms with Gasteiger partial charge in [-0.25, -0.2) is 4.18 Å². The molecule has 11 heavy (non-hydrogen) atoms. The Labute approximate surface area is 86.4 Å². The molecule has 0 aromatic rings. The molecule has 0 rings (SSSR count). The van der Waals surface area contributed by atoms with Crippen LogP contribution in [0.5, 0.6) is 0 Å². The summed E-state index contributed by atoms with van der Waals surface area (Å²) < 4.78 is 32.0. The Morgan fingerprint density at radius 1 is 1.45 bits per heavy atom. The van der Waals surface area contributed by atoms with Crippen molar-refractivity contribution in [1.82, 2.24) is 0 Å². The Morgan fingerprint density at radius 3 is 2.36 bits per heavy atom. The molecule has 0 aromatic heterocycles. The van der Waals surface area contributed by atoms with E-state index in [9.17, 15) is 8.42 Å². The van der Waals surface area contributed by atoms with Crippen molar-refractivity contribution < 1.29 is 20.0 Å². The van der Waals surface area contributed by atoms with Crippen LogP contribution in [0, 0.1) is 0 Å². The molecule has 0 saturated carbocycles. The van der Waals surface area contributed by atoms with Crippen molar-refractivity contribution in [1.29, 1.82) is 0 Å². The van der Waals surface area contributed by atoms with Crippen LogP contribution in [0.25, 0.3) is 0 Å². The molecule has 0 radical (unpaired) electrons. The van der Waals surface area contributed by atoms with E-state index in [4.69, 9.17) is 4.55 Å². The number of unbranched alkanes of at least 4 members (excludes halogenated alkanes) is 2. The minimum Gasteiger partial charge on any atom is -1.00 e. The number of hydrogen-bond donors (Lipinski definition) is 1. The van der Waals surface area contributed by atoms with Gasteiger partial charge in [0.25, 0.3) is 0 Å². The third kappa shape index (κ3) is 13.6. The predicted molar refractivity (Wildman–Crippen MR) is 45.0 cm³/mol. The maximum absolute atomic E-state index is 9.93. The molecule has 0 aromatic carbocycles. The molecule has 66 valence electrons. The van der Waals surface area contributed by atoms with Crippen LogP contribution in [-0.4, -0.2) is 42.6 Å². The van der Waals surface area contributed by atoms with Gasteiger partial charge in [0.05, 0.1) is 6.61 Å². The SMILES string of the molecule is CCCCCOS(=O)(=O)O.[H-].[H-].[Mg+2]. The average Bonchev–Trinajstić information content (AvgIpc) is 1.78. The van der Waals surface area contributed by atoms with Crippen LogP contribution in [-0.2, 0) is 14.6 Å². The summed E-state index contributed by atoms with van der Waals surface area (Å²) in [5, 5.41) is 0. The molecule has 0 atom stereocenters. The summed E-state index contributed by atoms with van der Waals surface area (Å²) in [6.07, 6.45) is 2.57. The zero-order valence-corrected chi connectivity index (χ0v) is 8.85. The molecule has 0 heterocycles. The Bertz CT molecular complexity index is 173. The first kappa shape index (κ1) is 14.2. The molecule has 0 aliphatic carbocycles. The van der Waals surface area contributed by atoms with E-state index < -0.39 is 10.4 Å². The largest absolute Gasteiger partial charge is 2.00 e. The molecule has 0 saturated heterocycles. The molecule has 0 amide bonds. The van der Waals surface area contributed by atoms with Gasteiger partial charge in [0.2, 0.25) is 0 Å². The second-order valence-electron chi connectivity index (χ2n) is 1.96. The first-order chi connectivity index (χ1) is 4.56. The van der Waals surface area contributed by atoms with E-state index >= 15 is 0 Å². The Hall–Kier alpha value is 0.636. The average molecular weight is 195 g/mol. The summed E-state index contributed by atoms with van der Waals surface area (Å²) in [5.41, 5.74) is 0. The van der Waals surface area contributed by atoms with E-state index in [1.165, 1.54) is 0 Å². The first-order valence-corrected chi connectivity index (χ1v) is 4.54. The minimum absolute atomic E-state index is 0. The van der Waals surface area contributed by atoms with E-state index in [-0.39, 0.29) is 32.5 Å². The smallest absolute Gasteiger partial charge is 1.00 e. The maximum Gasteiger partial charge on any atom is 2.00 e. The first-order valence-electron chi connectivity index (χ1n) is 3.18. The van der Waals surface area contributed by atoms with Gasteiger partial charge in [-0.05, 0) is 6.42 Å². The van der Waals surface area contributed by atoms with Gasteiger partial charge in [-0.1, -0.05) is 19.8 Å². The zero-order valence-electron chi connectivity index (χ0n) is 8.62. The van der Waals surface area contributed by atoms with Gasteiger partial charge in [-0.2, -0.15) is 8.42 Å². The van der Waals surface area contributed by atoms with Crippen molar-refractivity contribution in [2.75, 3.05) is 6.61 Å². The fraction of sp³-hybridized carbons (Fsp3) is 1.00. The summed E-state index contributed by atoms with van der Waals surface area (Å²) in [4.78, 5) is 0. The second kappa shape index (κ2) is 7.29. The van der Waals surface area contributed by atoms with Crippen LogP contribution in [0.1, 0.15) is 29.0 Å². The minimum atomic E-state index is -4.20. The van der Waals surface area contributed by atoms with Gasteiger partial charge in [0.15, 0.2) is 0 Å². The van der Waals surface area contributed by atoms with Crippen LogP contribution >= 0.6 is 0 Å². The van der Waals surface area contributed by atoms with Crippen LogP contribution in [0.3, 0.4) is 0 Å². The summed E-state index contributed by atoms with van der Waals surface area (Å²) in [5.74, 6) is 0. The molecule has 4 nitrogen and oxygen atoms in total. The number of rotatable bonds is 5. The molecule has 0 aliphatic rings. The van der Waals surface area contributed by atoms with E-state index in [0.717, 1.165) is 12.8 Å². The third-order valence-electron chi connectivity index (χ3n) is 0.980. The van der Waals surface area contributed by atoms with E-state index in [1.807, 2.05) is 6.92 Å². The summed E-state index contributed by atoms with van der Waals surface area (Å²) >= 11 is 0. The quantitative estimate of drug-likeness (QED) is 0.400. The molecule has 6 heteroatoms. The molecular weight excluding hydrogens is 180 g/mol. The van der Waals surface area contributed by atoms with Crippen molar-refractivity contribution in [3.63, 3.8) is 0 Å². The fourth-order valence-electron chi connectivity index (χ4n) is 0.516. The molecular formula is C5H14MgO4S. The second-order valence-corrected chi connectivity index (χ2v) is 3.05. The monoisotopic (exact) mass is 194 g/mol. The molecule has 0 aliphatic heterocycles. The molecule has 0 spiro atoms. The van der Waals surface area contributed by atoms with Gasteiger partial charge in [-0.3, -0.25) is 4.55 Å². The van der Waals surface area contributed by atoms with Crippen LogP contribution in [0.15, 0.2) is 0 Å². The third-order valence-corrected chi connectivity index (χ3v) is 1.44.